The fourth-order valence-electron chi connectivity index (χ4n) is 5.16. The molecule has 0 saturated heterocycles. The first kappa shape index (κ1) is 17.7. The predicted molar refractivity (Wildman–Crippen MR) is 105 cm³/mol. The molecule has 1 spiro atoms. The second-order valence-corrected chi connectivity index (χ2v) is 9.51. The summed E-state index contributed by atoms with van der Waals surface area (Å²) in [6, 6.07) is 6.96. The average molecular weight is 327 g/mol. The van der Waals surface area contributed by atoms with Crippen LogP contribution in [0.2, 0.25) is 0 Å². The largest absolute Gasteiger partial charge is 0.212 e. The van der Waals surface area contributed by atoms with E-state index in [0.717, 1.165) is 0 Å². The average Bonchev–Trinajstić information content (AvgIpc) is 2.77. The maximum Gasteiger partial charge on any atom is 0.212 e. The van der Waals surface area contributed by atoms with Crippen molar-refractivity contribution in [3.8, 4) is 0 Å². The molecule has 1 aliphatic carbocycles. The van der Waals surface area contributed by atoms with Crippen LogP contribution in [0.1, 0.15) is 103 Å². The van der Waals surface area contributed by atoms with Gasteiger partial charge in [0.05, 0.1) is 5.41 Å². The van der Waals surface area contributed by atoms with Crippen molar-refractivity contribution in [3.05, 3.63) is 29.3 Å². The van der Waals surface area contributed by atoms with Crippen molar-refractivity contribution in [2.45, 2.75) is 97.4 Å². The Bertz CT molecular complexity index is 601. The molecule has 1 aromatic carbocycles. The highest BCUT2D eigenvalue weighted by atomic mass is 15.1. The topological polar surface area (TPSA) is 3.01 Å². The van der Waals surface area contributed by atoms with E-state index < -0.39 is 0 Å². The molecule has 1 heteroatoms. The SMILES string of the molecule is CC(C)c1cccc(C(C)C)c1[N+]1=CC2(CCCCC2)CC1(C)C. The molecule has 3 rings (SSSR count). The summed E-state index contributed by atoms with van der Waals surface area (Å²) >= 11 is 0. The second kappa shape index (κ2) is 6.32. The van der Waals surface area contributed by atoms with Gasteiger partial charge in [0.1, 0.15) is 0 Å². The van der Waals surface area contributed by atoms with Crippen molar-refractivity contribution in [2.24, 2.45) is 5.41 Å². The first-order valence-electron chi connectivity index (χ1n) is 10.0. The van der Waals surface area contributed by atoms with Crippen LogP contribution in [-0.2, 0) is 0 Å². The maximum absolute atomic E-state index is 2.68. The summed E-state index contributed by atoms with van der Waals surface area (Å²) in [5, 5.41) is 0. The quantitative estimate of drug-likeness (QED) is 0.538. The molecule has 1 aliphatic heterocycles. The van der Waals surface area contributed by atoms with Crippen LogP contribution in [0.3, 0.4) is 0 Å². The highest BCUT2D eigenvalue weighted by Gasteiger charge is 2.52. The van der Waals surface area contributed by atoms with Gasteiger partial charge in [-0.15, -0.1) is 0 Å². The molecule has 24 heavy (non-hydrogen) atoms. The molecular formula is C23H36N+. The van der Waals surface area contributed by atoms with Crippen LogP contribution >= 0.6 is 0 Å². The van der Waals surface area contributed by atoms with E-state index in [1.54, 1.807) is 0 Å². The molecule has 0 bridgehead atoms. The van der Waals surface area contributed by atoms with E-state index in [1.807, 2.05) is 0 Å². The van der Waals surface area contributed by atoms with E-state index in [2.05, 4.69) is 70.5 Å². The Morgan fingerprint density at radius 3 is 1.92 bits per heavy atom. The molecule has 1 aromatic rings. The van der Waals surface area contributed by atoms with Gasteiger partial charge in [-0.1, -0.05) is 65.2 Å². The molecule has 1 fully saturated rings. The van der Waals surface area contributed by atoms with Gasteiger partial charge in [-0.25, -0.2) is 0 Å². The molecule has 0 aromatic heterocycles. The zero-order valence-electron chi connectivity index (χ0n) is 16.7. The third-order valence-electron chi connectivity index (χ3n) is 6.27. The fraction of sp³-hybridized carbons (Fsp3) is 0.696. The van der Waals surface area contributed by atoms with Gasteiger partial charge < -0.3 is 0 Å². The first-order chi connectivity index (χ1) is 11.3. The van der Waals surface area contributed by atoms with E-state index >= 15 is 0 Å². The first-order valence-corrected chi connectivity index (χ1v) is 10.0. The highest BCUT2D eigenvalue weighted by Crippen LogP contribution is 2.49. The number of para-hydroxylation sites is 1. The molecule has 1 saturated carbocycles. The van der Waals surface area contributed by atoms with Gasteiger partial charge in [-0.2, -0.15) is 4.58 Å². The van der Waals surface area contributed by atoms with Gasteiger partial charge in [-0.05, 0) is 24.7 Å². The van der Waals surface area contributed by atoms with E-state index in [1.165, 1.54) is 55.3 Å². The lowest BCUT2D eigenvalue weighted by molar-refractivity contribution is -0.513. The Kier molecular flexibility index (Phi) is 4.66. The van der Waals surface area contributed by atoms with Crippen molar-refractivity contribution < 1.29 is 4.58 Å². The standard InChI is InChI=1S/C23H36N/c1-17(2)19-11-10-12-20(18(3)4)21(19)24-16-23(15-22(24,5)6)13-8-7-9-14-23/h10-12,16-18H,7-9,13-15H2,1-6H3/q+1. The van der Waals surface area contributed by atoms with Crippen molar-refractivity contribution in [1.29, 1.82) is 0 Å². The summed E-state index contributed by atoms with van der Waals surface area (Å²) in [5.74, 6) is 1.12. The minimum Gasteiger partial charge on any atom is -0.197 e. The Hall–Kier alpha value is -1.11. The number of rotatable bonds is 3. The van der Waals surface area contributed by atoms with Gasteiger partial charge in [-0.3, -0.25) is 0 Å². The summed E-state index contributed by atoms with van der Waals surface area (Å²) in [5.41, 5.74) is 5.19. The Morgan fingerprint density at radius 1 is 0.875 bits per heavy atom. The fourth-order valence-corrected chi connectivity index (χ4v) is 5.16. The predicted octanol–water partition coefficient (Wildman–Crippen LogP) is 6.78. The molecular weight excluding hydrogens is 290 g/mol. The molecule has 0 radical (unpaired) electrons. The number of nitrogens with zero attached hydrogens (tertiary/aromatic N) is 1. The number of hydrogen-bond acceptors (Lipinski definition) is 0. The number of benzene rings is 1. The zero-order chi connectivity index (χ0) is 17.5. The van der Waals surface area contributed by atoms with E-state index in [-0.39, 0.29) is 5.54 Å². The molecule has 1 heterocycles. The van der Waals surface area contributed by atoms with Crippen molar-refractivity contribution in [3.63, 3.8) is 0 Å². The number of hydrogen-bond donors (Lipinski definition) is 0. The molecule has 132 valence electrons. The van der Waals surface area contributed by atoms with Crippen LogP contribution in [-0.4, -0.2) is 16.3 Å². The van der Waals surface area contributed by atoms with Crippen LogP contribution in [0.25, 0.3) is 0 Å². The lowest BCUT2D eigenvalue weighted by Crippen LogP contribution is -2.31. The summed E-state index contributed by atoms with van der Waals surface area (Å²) in [7, 11) is 0. The second-order valence-electron chi connectivity index (χ2n) is 9.51. The maximum atomic E-state index is 2.68. The minimum atomic E-state index is 0.214. The van der Waals surface area contributed by atoms with Crippen LogP contribution in [0.5, 0.6) is 0 Å². The summed E-state index contributed by atoms with van der Waals surface area (Å²) in [6.07, 6.45) is 11.0. The van der Waals surface area contributed by atoms with Crippen LogP contribution in [0, 0.1) is 5.41 Å². The smallest absolute Gasteiger partial charge is 0.197 e. The van der Waals surface area contributed by atoms with E-state index in [9.17, 15) is 0 Å². The Morgan fingerprint density at radius 2 is 1.42 bits per heavy atom. The lowest BCUT2D eigenvalue weighted by Gasteiger charge is -2.29. The third kappa shape index (κ3) is 3.07. The highest BCUT2D eigenvalue weighted by molar-refractivity contribution is 5.67. The van der Waals surface area contributed by atoms with E-state index in [4.69, 9.17) is 0 Å². The monoisotopic (exact) mass is 326 g/mol. The third-order valence-corrected chi connectivity index (χ3v) is 6.27. The molecule has 2 aliphatic rings. The molecule has 0 amide bonds. The minimum absolute atomic E-state index is 0.214. The van der Waals surface area contributed by atoms with Crippen LogP contribution < -0.4 is 0 Å². The van der Waals surface area contributed by atoms with Crippen molar-refractivity contribution >= 4 is 11.9 Å². The van der Waals surface area contributed by atoms with Gasteiger partial charge in [0.2, 0.25) is 5.69 Å². The normalized spacial score (nSPS) is 22.4. The van der Waals surface area contributed by atoms with Gasteiger partial charge in [0, 0.05) is 31.4 Å². The van der Waals surface area contributed by atoms with Crippen molar-refractivity contribution in [2.75, 3.05) is 0 Å². The molecule has 0 atom stereocenters. The Balaban J connectivity index is 2.17. The van der Waals surface area contributed by atoms with Gasteiger partial charge in [0.15, 0.2) is 11.8 Å². The van der Waals surface area contributed by atoms with Crippen molar-refractivity contribution in [1.82, 2.24) is 0 Å². The molecule has 0 unspecified atom stereocenters. The van der Waals surface area contributed by atoms with Gasteiger partial charge >= 0.3 is 0 Å². The zero-order valence-corrected chi connectivity index (χ0v) is 16.7. The van der Waals surface area contributed by atoms with E-state index in [0.29, 0.717) is 17.3 Å². The molecule has 0 N–H and O–H groups in total. The van der Waals surface area contributed by atoms with Crippen LogP contribution in [0.15, 0.2) is 18.2 Å². The molecule has 1 nitrogen and oxygen atoms in total. The van der Waals surface area contributed by atoms with Crippen LogP contribution in [0.4, 0.5) is 5.69 Å². The summed E-state index contributed by atoms with van der Waals surface area (Å²) in [6.45, 7) is 14.2. The Labute approximate surface area is 149 Å². The summed E-state index contributed by atoms with van der Waals surface area (Å²) in [4.78, 5) is 0. The summed E-state index contributed by atoms with van der Waals surface area (Å²) < 4.78 is 2.68. The lowest BCUT2D eigenvalue weighted by atomic mass is 9.71. The van der Waals surface area contributed by atoms with Gasteiger partial charge in [0.25, 0.3) is 0 Å².